The van der Waals surface area contributed by atoms with Crippen molar-refractivity contribution in [2.24, 2.45) is 0 Å². The summed E-state index contributed by atoms with van der Waals surface area (Å²) >= 11 is 0. The lowest BCUT2D eigenvalue weighted by molar-refractivity contribution is 0.253. The zero-order valence-electron chi connectivity index (χ0n) is 10.2. The van der Waals surface area contributed by atoms with Crippen LogP contribution in [0.3, 0.4) is 0 Å². The second-order valence-electron chi connectivity index (χ2n) is 4.31. The topological polar surface area (TPSA) is 90.1 Å². The quantitative estimate of drug-likeness (QED) is 0.601. The zero-order chi connectivity index (χ0) is 12.8. The van der Waals surface area contributed by atoms with E-state index in [9.17, 15) is 8.42 Å². The minimum atomic E-state index is -3.22. The highest BCUT2D eigenvalue weighted by molar-refractivity contribution is 7.89. The van der Waals surface area contributed by atoms with Crippen molar-refractivity contribution in [1.82, 2.24) is 24.9 Å². The monoisotopic (exact) mass is 273 g/mol. The molecule has 0 bridgehead atoms. The second-order valence-corrected chi connectivity index (χ2v) is 6.23. The van der Waals surface area contributed by atoms with Crippen LogP contribution in [0.15, 0.2) is 12.5 Å². The average Bonchev–Trinajstić information content (AvgIpc) is 2.89. The summed E-state index contributed by atoms with van der Waals surface area (Å²) < 4.78 is 26.1. The van der Waals surface area contributed by atoms with Gasteiger partial charge < -0.3 is 10.3 Å². The third kappa shape index (κ3) is 4.37. The van der Waals surface area contributed by atoms with Crippen LogP contribution in [0.2, 0.25) is 0 Å². The third-order valence-electron chi connectivity index (χ3n) is 2.92. The van der Waals surface area contributed by atoms with Gasteiger partial charge in [0.15, 0.2) is 0 Å². The third-order valence-corrected chi connectivity index (χ3v) is 4.23. The number of hydrogen-bond acceptors (Lipinski definition) is 5. The van der Waals surface area contributed by atoms with Crippen LogP contribution < -0.4 is 10.0 Å². The largest absolute Gasteiger partial charge is 0.347 e. The molecule has 0 spiro atoms. The van der Waals surface area contributed by atoms with Gasteiger partial charge in [-0.15, -0.1) is 0 Å². The lowest BCUT2D eigenvalue weighted by atomic mass is 10.4. The molecule has 7 nitrogen and oxygen atoms in total. The number of rotatable bonds is 6. The molecule has 1 aromatic rings. The normalized spacial score (nSPS) is 18.0. The Morgan fingerprint density at radius 2 is 2.17 bits per heavy atom. The van der Waals surface area contributed by atoms with Crippen molar-refractivity contribution in [1.29, 1.82) is 0 Å². The number of H-pyrrole nitrogens is 1. The molecular formula is C10H19N5O2S. The molecule has 0 atom stereocenters. The molecule has 0 aromatic carbocycles. The Balaban J connectivity index is 1.73. The number of aromatic amines is 1. The molecule has 0 aliphatic carbocycles. The molecule has 0 radical (unpaired) electrons. The van der Waals surface area contributed by atoms with Crippen molar-refractivity contribution in [3.8, 4) is 0 Å². The first-order valence-electron chi connectivity index (χ1n) is 6.03. The first kappa shape index (κ1) is 13.5. The Hall–Kier alpha value is -0.960. The van der Waals surface area contributed by atoms with E-state index in [0.29, 0.717) is 6.54 Å². The van der Waals surface area contributed by atoms with Crippen molar-refractivity contribution >= 4 is 10.0 Å². The minimum Gasteiger partial charge on any atom is -0.347 e. The van der Waals surface area contributed by atoms with Gasteiger partial charge in [0, 0.05) is 44.6 Å². The minimum absolute atomic E-state index is 0.140. The standard InChI is InChI=1S/C10H19N5O2S/c16-18(17,14-8-10-7-12-9-13-10)6-5-15-3-1-11-2-4-15/h7,9,11,14H,1-6,8H2,(H,12,13). The summed E-state index contributed by atoms with van der Waals surface area (Å²) in [4.78, 5) is 8.85. The van der Waals surface area contributed by atoms with E-state index in [1.165, 1.54) is 6.33 Å². The number of sulfonamides is 1. The average molecular weight is 273 g/mol. The molecule has 2 rings (SSSR count). The van der Waals surface area contributed by atoms with E-state index in [-0.39, 0.29) is 12.3 Å². The number of nitrogens with one attached hydrogen (secondary N) is 3. The molecule has 1 aliphatic heterocycles. The van der Waals surface area contributed by atoms with Crippen molar-refractivity contribution in [2.75, 3.05) is 38.5 Å². The molecule has 102 valence electrons. The summed E-state index contributed by atoms with van der Waals surface area (Å²) in [6, 6.07) is 0. The Labute approximate surface area is 107 Å². The van der Waals surface area contributed by atoms with E-state index >= 15 is 0 Å². The van der Waals surface area contributed by atoms with Gasteiger partial charge in [-0.25, -0.2) is 18.1 Å². The van der Waals surface area contributed by atoms with E-state index < -0.39 is 10.0 Å². The number of imidazole rings is 1. The molecule has 8 heteroatoms. The molecule has 2 heterocycles. The first-order valence-corrected chi connectivity index (χ1v) is 7.69. The van der Waals surface area contributed by atoms with E-state index in [4.69, 9.17) is 0 Å². The molecule has 3 N–H and O–H groups in total. The fourth-order valence-electron chi connectivity index (χ4n) is 1.83. The van der Waals surface area contributed by atoms with Gasteiger partial charge in [-0.3, -0.25) is 4.90 Å². The van der Waals surface area contributed by atoms with Crippen LogP contribution in [0.4, 0.5) is 0 Å². The zero-order valence-corrected chi connectivity index (χ0v) is 11.0. The van der Waals surface area contributed by atoms with Crippen LogP contribution in [0.25, 0.3) is 0 Å². The highest BCUT2D eigenvalue weighted by Gasteiger charge is 2.15. The van der Waals surface area contributed by atoms with Gasteiger partial charge in [0.1, 0.15) is 0 Å². The Bertz CT molecular complexity index is 439. The molecular weight excluding hydrogens is 254 g/mol. The lowest BCUT2D eigenvalue weighted by Gasteiger charge is -2.26. The van der Waals surface area contributed by atoms with Gasteiger partial charge in [0.05, 0.1) is 18.6 Å². The van der Waals surface area contributed by atoms with Crippen molar-refractivity contribution < 1.29 is 8.42 Å². The maximum absolute atomic E-state index is 11.8. The molecule has 1 aliphatic rings. The van der Waals surface area contributed by atoms with E-state index in [2.05, 4.69) is 24.9 Å². The van der Waals surface area contributed by atoms with E-state index in [1.807, 2.05) is 0 Å². The van der Waals surface area contributed by atoms with E-state index in [1.54, 1.807) is 6.20 Å². The molecule has 0 unspecified atom stereocenters. The summed E-state index contributed by atoms with van der Waals surface area (Å²) in [5.74, 6) is 0.140. The second kappa shape index (κ2) is 6.28. The van der Waals surface area contributed by atoms with Crippen LogP contribution in [0.5, 0.6) is 0 Å². The number of nitrogens with zero attached hydrogens (tertiary/aromatic N) is 2. The summed E-state index contributed by atoms with van der Waals surface area (Å²) in [6.45, 7) is 4.54. The van der Waals surface area contributed by atoms with Gasteiger partial charge in [0.25, 0.3) is 0 Å². The fraction of sp³-hybridized carbons (Fsp3) is 0.700. The predicted octanol–water partition coefficient (Wildman–Crippen LogP) is -1.27. The Morgan fingerprint density at radius 3 is 2.83 bits per heavy atom. The molecule has 1 fully saturated rings. The highest BCUT2D eigenvalue weighted by atomic mass is 32.2. The van der Waals surface area contributed by atoms with Crippen molar-refractivity contribution in [3.63, 3.8) is 0 Å². The SMILES string of the molecule is O=S(=O)(CCN1CCNCC1)NCc1cnc[nH]1. The van der Waals surface area contributed by atoms with Crippen molar-refractivity contribution in [2.45, 2.75) is 6.54 Å². The summed E-state index contributed by atoms with van der Waals surface area (Å²) in [5.41, 5.74) is 0.765. The fourth-order valence-corrected chi connectivity index (χ4v) is 2.84. The number of hydrogen-bond donors (Lipinski definition) is 3. The molecule has 1 aromatic heterocycles. The highest BCUT2D eigenvalue weighted by Crippen LogP contribution is 1.96. The van der Waals surface area contributed by atoms with Gasteiger partial charge >= 0.3 is 0 Å². The Morgan fingerprint density at radius 1 is 1.39 bits per heavy atom. The number of aromatic nitrogens is 2. The lowest BCUT2D eigenvalue weighted by Crippen LogP contribution is -2.45. The first-order chi connectivity index (χ1) is 8.66. The van der Waals surface area contributed by atoms with Crippen LogP contribution in [-0.4, -0.2) is 61.8 Å². The molecule has 0 saturated carbocycles. The summed E-state index contributed by atoms with van der Waals surface area (Å²) in [5, 5.41) is 3.24. The summed E-state index contributed by atoms with van der Waals surface area (Å²) in [6.07, 6.45) is 3.14. The van der Waals surface area contributed by atoms with Gasteiger partial charge in [-0.05, 0) is 0 Å². The van der Waals surface area contributed by atoms with Crippen LogP contribution >= 0.6 is 0 Å². The molecule has 0 amide bonds. The smallest absolute Gasteiger partial charge is 0.213 e. The maximum atomic E-state index is 11.8. The molecule has 1 saturated heterocycles. The maximum Gasteiger partial charge on any atom is 0.213 e. The van der Waals surface area contributed by atoms with E-state index in [0.717, 1.165) is 31.9 Å². The van der Waals surface area contributed by atoms with Crippen molar-refractivity contribution in [3.05, 3.63) is 18.2 Å². The van der Waals surface area contributed by atoms with Gasteiger partial charge in [-0.2, -0.15) is 0 Å². The molecule has 18 heavy (non-hydrogen) atoms. The van der Waals surface area contributed by atoms with Gasteiger partial charge in [-0.1, -0.05) is 0 Å². The van der Waals surface area contributed by atoms with Gasteiger partial charge in [0.2, 0.25) is 10.0 Å². The van der Waals surface area contributed by atoms with Crippen LogP contribution in [0, 0.1) is 0 Å². The number of piperazine rings is 1. The van der Waals surface area contributed by atoms with Crippen LogP contribution in [-0.2, 0) is 16.6 Å². The van der Waals surface area contributed by atoms with Crippen LogP contribution in [0.1, 0.15) is 5.69 Å². The Kier molecular flexibility index (Phi) is 4.70. The predicted molar refractivity (Wildman–Crippen MR) is 68.5 cm³/mol. The summed E-state index contributed by atoms with van der Waals surface area (Å²) in [7, 11) is -3.22.